The highest BCUT2D eigenvalue weighted by molar-refractivity contribution is 7.39. The Labute approximate surface area is 140 Å². The van der Waals surface area contributed by atoms with Gasteiger partial charge in [0.25, 0.3) is 0 Å². The predicted octanol–water partition coefficient (Wildman–Crippen LogP) is 5.04. The van der Waals surface area contributed by atoms with Gasteiger partial charge in [0, 0.05) is 5.57 Å². The van der Waals surface area contributed by atoms with E-state index in [9.17, 15) is 14.5 Å². The van der Waals surface area contributed by atoms with Crippen molar-refractivity contribution >= 4 is 14.0 Å². The Hall–Kier alpha value is -0.600. The summed E-state index contributed by atoms with van der Waals surface area (Å²) in [7, 11) is -2.32. The Morgan fingerprint density at radius 3 is 2.39 bits per heavy atom. The molecule has 0 radical (unpaired) electrons. The maximum Gasteiger partial charge on any atom is 0.331 e. The maximum absolute atomic E-state index is 12.2. The molecule has 0 heterocycles. The topological polar surface area (TPSA) is 63.6 Å². The highest BCUT2D eigenvalue weighted by Crippen LogP contribution is 2.35. The molecule has 2 aliphatic carbocycles. The Morgan fingerprint density at radius 1 is 1.17 bits per heavy atom. The zero-order valence-electron chi connectivity index (χ0n) is 14.3. The highest BCUT2D eigenvalue weighted by atomic mass is 31.1. The highest BCUT2D eigenvalue weighted by Gasteiger charge is 2.21. The molecule has 1 N–H and O–H groups in total. The lowest BCUT2D eigenvalue weighted by Crippen LogP contribution is -2.12. The van der Waals surface area contributed by atoms with Crippen LogP contribution in [0.15, 0.2) is 11.6 Å². The van der Waals surface area contributed by atoms with Crippen molar-refractivity contribution in [1.82, 2.24) is 0 Å². The van der Waals surface area contributed by atoms with Crippen LogP contribution in [0.1, 0.15) is 71.1 Å². The molecule has 0 saturated heterocycles. The minimum atomic E-state index is -2.32. The minimum Gasteiger partial charge on any atom is -0.478 e. The third kappa shape index (κ3) is 6.81. The molecule has 0 spiro atoms. The maximum atomic E-state index is 12.2. The van der Waals surface area contributed by atoms with Crippen molar-refractivity contribution in [2.24, 2.45) is 11.8 Å². The van der Waals surface area contributed by atoms with Crippen molar-refractivity contribution in [3.8, 4) is 0 Å². The molecule has 23 heavy (non-hydrogen) atoms. The molecule has 2 rings (SSSR count). The van der Waals surface area contributed by atoms with E-state index in [1.807, 2.05) is 13.0 Å². The van der Waals surface area contributed by atoms with Gasteiger partial charge in [-0.05, 0) is 38.0 Å². The summed E-state index contributed by atoms with van der Waals surface area (Å²) in [6, 6.07) is 0. The molecule has 2 aliphatic rings. The van der Waals surface area contributed by atoms with Gasteiger partial charge < -0.3 is 9.63 Å². The third-order valence-electron chi connectivity index (χ3n) is 5.17. The standard InChI is InChI=1S/C18H31O4P/c1-14(11-15-9-5-6-10-15)22-23(21)13-17(18(19)20)12-16-7-3-2-4-8-16/h12,14-16,23H,2-11,13H2,1H3,(H,19,20). The predicted molar refractivity (Wildman–Crippen MR) is 93.3 cm³/mol. The molecule has 5 heteroatoms. The number of hydrogen-bond acceptors (Lipinski definition) is 3. The molecular weight excluding hydrogens is 311 g/mol. The van der Waals surface area contributed by atoms with E-state index >= 15 is 0 Å². The first-order valence-electron chi connectivity index (χ1n) is 9.18. The third-order valence-corrected chi connectivity index (χ3v) is 6.50. The van der Waals surface area contributed by atoms with Crippen molar-refractivity contribution in [1.29, 1.82) is 0 Å². The zero-order valence-corrected chi connectivity index (χ0v) is 15.3. The molecule has 132 valence electrons. The number of carbonyl (C=O) groups is 1. The van der Waals surface area contributed by atoms with Gasteiger partial charge in [-0.15, -0.1) is 0 Å². The average Bonchev–Trinajstić information content (AvgIpc) is 3.00. The number of carboxylic acid groups (broad SMARTS) is 1. The Morgan fingerprint density at radius 2 is 1.78 bits per heavy atom. The quantitative estimate of drug-likeness (QED) is 0.496. The van der Waals surface area contributed by atoms with Crippen LogP contribution in [-0.4, -0.2) is 23.3 Å². The van der Waals surface area contributed by atoms with Crippen molar-refractivity contribution < 1.29 is 19.0 Å². The van der Waals surface area contributed by atoms with E-state index in [0.29, 0.717) is 11.8 Å². The second kappa shape index (κ2) is 9.64. The first kappa shape index (κ1) is 18.7. The second-order valence-corrected chi connectivity index (χ2v) is 8.59. The van der Waals surface area contributed by atoms with E-state index in [0.717, 1.165) is 32.1 Å². The lowest BCUT2D eigenvalue weighted by Gasteiger charge is -2.19. The van der Waals surface area contributed by atoms with Gasteiger partial charge in [0.15, 0.2) is 8.03 Å². The van der Waals surface area contributed by atoms with Crippen molar-refractivity contribution in [2.75, 3.05) is 6.16 Å². The van der Waals surface area contributed by atoms with Gasteiger partial charge in [0.05, 0.1) is 12.3 Å². The number of carboxylic acids is 1. The van der Waals surface area contributed by atoms with Crippen LogP contribution in [0.3, 0.4) is 0 Å². The fourth-order valence-electron chi connectivity index (χ4n) is 3.98. The molecule has 4 nitrogen and oxygen atoms in total. The molecule has 2 unspecified atom stereocenters. The van der Waals surface area contributed by atoms with E-state index in [-0.39, 0.29) is 17.8 Å². The number of allylic oxidation sites excluding steroid dienone is 1. The van der Waals surface area contributed by atoms with E-state index in [4.69, 9.17) is 4.52 Å². The van der Waals surface area contributed by atoms with Gasteiger partial charge >= 0.3 is 5.97 Å². The fraction of sp³-hybridized carbons (Fsp3) is 0.833. The van der Waals surface area contributed by atoms with Gasteiger partial charge in [-0.1, -0.05) is 51.0 Å². The summed E-state index contributed by atoms with van der Waals surface area (Å²) in [4.78, 5) is 11.4. The molecular formula is C18H31O4P. The van der Waals surface area contributed by atoms with Crippen LogP contribution in [0.4, 0.5) is 0 Å². The van der Waals surface area contributed by atoms with Crippen LogP contribution in [0.5, 0.6) is 0 Å². The second-order valence-electron chi connectivity index (χ2n) is 7.26. The summed E-state index contributed by atoms with van der Waals surface area (Å²) in [5.41, 5.74) is 0.286. The monoisotopic (exact) mass is 342 g/mol. The molecule has 2 fully saturated rings. The van der Waals surface area contributed by atoms with Crippen molar-refractivity contribution in [2.45, 2.75) is 77.2 Å². The first-order valence-corrected chi connectivity index (χ1v) is 10.7. The zero-order chi connectivity index (χ0) is 16.7. The molecule has 2 atom stereocenters. The van der Waals surface area contributed by atoms with E-state index < -0.39 is 14.0 Å². The van der Waals surface area contributed by atoms with Gasteiger partial charge in [-0.25, -0.2) is 4.79 Å². The van der Waals surface area contributed by atoms with Gasteiger partial charge in [0.1, 0.15) is 0 Å². The Balaban J connectivity index is 1.82. The van der Waals surface area contributed by atoms with Crippen molar-refractivity contribution in [3.63, 3.8) is 0 Å². The summed E-state index contributed by atoms with van der Waals surface area (Å²) in [6.45, 7) is 1.96. The normalized spacial score (nSPS) is 23.8. The molecule has 0 amide bonds. The van der Waals surface area contributed by atoms with Gasteiger partial charge in [-0.3, -0.25) is 4.57 Å². The number of rotatable bonds is 8. The fourth-order valence-corrected chi connectivity index (χ4v) is 5.18. The summed E-state index contributed by atoms with van der Waals surface area (Å²) in [5.74, 6) is 0.0815. The SMILES string of the molecule is CC(CC1CCCC1)O[PH](=O)CC(=CC1CCCCC1)C(=O)O. The lowest BCUT2D eigenvalue weighted by atomic mass is 9.88. The van der Waals surface area contributed by atoms with Crippen molar-refractivity contribution in [3.05, 3.63) is 11.6 Å². The molecule has 2 saturated carbocycles. The van der Waals surface area contributed by atoms with Gasteiger partial charge in [0.2, 0.25) is 0 Å². The van der Waals surface area contributed by atoms with Crippen LogP contribution in [-0.2, 0) is 13.9 Å². The molecule has 0 aromatic carbocycles. The molecule has 0 aromatic heterocycles. The Kier molecular flexibility index (Phi) is 7.85. The van der Waals surface area contributed by atoms with Crippen LogP contribution in [0.25, 0.3) is 0 Å². The van der Waals surface area contributed by atoms with Crippen LogP contribution >= 0.6 is 8.03 Å². The first-order chi connectivity index (χ1) is 11.0. The number of hydrogen-bond donors (Lipinski definition) is 1. The van der Waals surface area contributed by atoms with E-state index in [1.165, 1.54) is 32.1 Å². The largest absolute Gasteiger partial charge is 0.478 e. The van der Waals surface area contributed by atoms with Crippen LogP contribution in [0, 0.1) is 11.8 Å². The minimum absolute atomic E-state index is 0.0331. The Bertz CT molecular complexity index is 434. The average molecular weight is 342 g/mol. The molecule has 0 aliphatic heterocycles. The van der Waals surface area contributed by atoms with Crippen LogP contribution in [0.2, 0.25) is 0 Å². The molecule has 0 aromatic rings. The summed E-state index contributed by atoms with van der Waals surface area (Å²) >= 11 is 0. The lowest BCUT2D eigenvalue weighted by molar-refractivity contribution is -0.132. The molecule has 0 bridgehead atoms. The van der Waals surface area contributed by atoms with E-state index in [1.54, 1.807) is 0 Å². The van der Waals surface area contributed by atoms with Crippen LogP contribution < -0.4 is 0 Å². The summed E-state index contributed by atoms with van der Waals surface area (Å²) in [6.07, 6.45) is 13.6. The smallest absolute Gasteiger partial charge is 0.331 e. The van der Waals surface area contributed by atoms with E-state index in [2.05, 4.69) is 0 Å². The summed E-state index contributed by atoms with van der Waals surface area (Å²) in [5, 5.41) is 9.37. The summed E-state index contributed by atoms with van der Waals surface area (Å²) < 4.78 is 17.9. The van der Waals surface area contributed by atoms with Gasteiger partial charge in [-0.2, -0.15) is 0 Å². The number of aliphatic carboxylic acids is 1.